The van der Waals surface area contributed by atoms with Crippen molar-refractivity contribution < 1.29 is 0 Å². The van der Waals surface area contributed by atoms with Gasteiger partial charge in [0, 0.05) is 5.02 Å². The van der Waals surface area contributed by atoms with E-state index in [1.165, 1.54) is 37.8 Å². The number of halogens is 5. The average molecular weight is 348 g/mol. The Balaban J connectivity index is 0.000000341. The van der Waals surface area contributed by atoms with Gasteiger partial charge in [-0.15, -0.1) is 0 Å². The number of nitrogens with one attached hydrogen (secondary N) is 1. The summed E-state index contributed by atoms with van der Waals surface area (Å²) in [6, 6.07) is 3.05. The van der Waals surface area contributed by atoms with Gasteiger partial charge >= 0.3 is 0 Å². The highest BCUT2D eigenvalue weighted by Crippen LogP contribution is 2.33. The second-order valence-corrected chi connectivity index (χ2v) is 5.78. The van der Waals surface area contributed by atoms with E-state index in [9.17, 15) is 0 Å². The van der Waals surface area contributed by atoms with Crippen molar-refractivity contribution in [1.29, 1.82) is 0 Å². The van der Waals surface area contributed by atoms with Gasteiger partial charge < -0.3 is 0 Å². The van der Waals surface area contributed by atoms with Gasteiger partial charge in [0.1, 0.15) is 0 Å². The minimum Gasteiger partial charge on any atom is -0.273 e. The van der Waals surface area contributed by atoms with Crippen LogP contribution in [0, 0.1) is 0 Å². The number of rotatable bonds is 2. The predicted octanol–water partition coefficient (Wildman–Crippen LogP) is 6.37. The first-order valence-corrected chi connectivity index (χ1v) is 7.19. The minimum atomic E-state index is -0.174. The molecule has 2 rings (SSSR count). The van der Waals surface area contributed by atoms with Crippen molar-refractivity contribution in [2.24, 2.45) is 5.10 Å². The van der Waals surface area contributed by atoms with Crippen molar-refractivity contribution in [2.75, 3.05) is 5.43 Å². The molecular formula is C11H11Cl5N2. The second kappa shape index (κ2) is 8.34. The van der Waals surface area contributed by atoms with Crippen LogP contribution in [0.4, 0.5) is 5.69 Å². The molecule has 0 spiro atoms. The van der Waals surface area contributed by atoms with Crippen LogP contribution >= 0.6 is 58.0 Å². The normalized spacial score (nSPS) is 12.9. The van der Waals surface area contributed by atoms with Crippen LogP contribution in [-0.4, -0.2) is 4.63 Å². The van der Waals surface area contributed by atoms with E-state index in [1.807, 2.05) is 0 Å². The molecule has 1 aliphatic rings. The standard InChI is InChI=1S/C7H3Cl5N2.C4H8/c8-3-1-4(9)6(5(10)2-3)13-14-7(11)12;1-2-4-3-1/h1-2,13H;1-4H2. The first-order chi connectivity index (χ1) is 8.50. The maximum absolute atomic E-state index is 5.83. The minimum absolute atomic E-state index is 0.174. The fourth-order valence-corrected chi connectivity index (χ4v) is 1.98. The zero-order valence-corrected chi connectivity index (χ0v) is 13.1. The van der Waals surface area contributed by atoms with E-state index in [0.29, 0.717) is 20.8 Å². The van der Waals surface area contributed by atoms with Crippen molar-refractivity contribution in [3.8, 4) is 0 Å². The van der Waals surface area contributed by atoms with Crippen molar-refractivity contribution in [3.05, 3.63) is 27.2 Å². The van der Waals surface area contributed by atoms with Crippen LogP contribution in [0.3, 0.4) is 0 Å². The Bertz CT molecular complexity index is 398. The van der Waals surface area contributed by atoms with Crippen LogP contribution in [0.2, 0.25) is 15.1 Å². The first-order valence-electron chi connectivity index (χ1n) is 5.30. The van der Waals surface area contributed by atoms with Gasteiger partial charge in [-0.05, 0) is 35.3 Å². The molecule has 100 valence electrons. The lowest BCUT2D eigenvalue weighted by molar-refractivity contribution is 0.504. The predicted molar refractivity (Wildman–Crippen MR) is 82.7 cm³/mol. The summed E-state index contributed by atoms with van der Waals surface area (Å²) in [5.74, 6) is 0. The summed E-state index contributed by atoms with van der Waals surface area (Å²) in [7, 11) is 0. The third kappa shape index (κ3) is 5.85. The van der Waals surface area contributed by atoms with E-state index in [0.717, 1.165) is 0 Å². The van der Waals surface area contributed by atoms with Crippen LogP contribution in [0.5, 0.6) is 0 Å². The van der Waals surface area contributed by atoms with E-state index in [-0.39, 0.29) is 4.63 Å². The molecule has 1 saturated carbocycles. The SMILES string of the molecule is C1CCC1.ClC(Cl)=NNc1c(Cl)cc(Cl)cc1Cl. The number of hydrogen-bond donors (Lipinski definition) is 1. The third-order valence-electron chi connectivity index (χ3n) is 2.26. The number of nitrogens with zero attached hydrogens (tertiary/aromatic N) is 1. The Morgan fingerprint density at radius 1 is 0.944 bits per heavy atom. The third-order valence-corrected chi connectivity index (χ3v) is 3.24. The Labute approximate surface area is 131 Å². The van der Waals surface area contributed by atoms with Crippen molar-refractivity contribution in [1.82, 2.24) is 0 Å². The molecule has 0 atom stereocenters. The maximum Gasteiger partial charge on any atom is 0.215 e. The summed E-state index contributed by atoms with van der Waals surface area (Å²) in [4.78, 5) is 0. The van der Waals surface area contributed by atoms with Gasteiger partial charge in [-0.3, -0.25) is 5.43 Å². The smallest absolute Gasteiger partial charge is 0.215 e. The molecule has 7 heteroatoms. The maximum atomic E-state index is 5.83. The zero-order chi connectivity index (χ0) is 13.5. The first kappa shape index (κ1) is 16.2. The van der Waals surface area contributed by atoms with Gasteiger partial charge in [-0.1, -0.05) is 60.5 Å². The van der Waals surface area contributed by atoms with Crippen LogP contribution in [0.15, 0.2) is 17.2 Å². The lowest BCUT2D eigenvalue weighted by Gasteiger charge is -2.05. The molecule has 0 unspecified atom stereocenters. The van der Waals surface area contributed by atoms with Crippen LogP contribution in [0.25, 0.3) is 0 Å². The lowest BCUT2D eigenvalue weighted by Crippen LogP contribution is -1.92. The highest BCUT2D eigenvalue weighted by molar-refractivity contribution is 6.95. The Morgan fingerprint density at radius 2 is 1.39 bits per heavy atom. The molecule has 1 N–H and O–H groups in total. The number of hydrazone groups is 1. The number of benzene rings is 1. The molecule has 1 aromatic carbocycles. The molecule has 1 aliphatic carbocycles. The van der Waals surface area contributed by atoms with Gasteiger partial charge in [0.05, 0.1) is 15.7 Å². The van der Waals surface area contributed by atoms with E-state index < -0.39 is 0 Å². The fraction of sp³-hybridized carbons (Fsp3) is 0.364. The molecule has 1 aromatic rings. The van der Waals surface area contributed by atoms with Crippen LogP contribution in [0.1, 0.15) is 25.7 Å². The van der Waals surface area contributed by atoms with Gasteiger partial charge in [-0.2, -0.15) is 5.10 Å². The molecule has 0 heterocycles. The van der Waals surface area contributed by atoms with E-state index in [4.69, 9.17) is 58.0 Å². The van der Waals surface area contributed by atoms with Crippen molar-refractivity contribution >= 4 is 68.3 Å². The zero-order valence-electron chi connectivity index (χ0n) is 9.32. The van der Waals surface area contributed by atoms with Crippen molar-refractivity contribution in [3.63, 3.8) is 0 Å². The molecule has 18 heavy (non-hydrogen) atoms. The Kier molecular flexibility index (Phi) is 7.50. The summed E-state index contributed by atoms with van der Waals surface area (Å²) in [6.07, 6.45) is 6.00. The molecule has 1 fully saturated rings. The number of hydrogen-bond acceptors (Lipinski definition) is 2. The summed E-state index contributed by atoms with van der Waals surface area (Å²) >= 11 is 28.0. The molecule has 0 radical (unpaired) electrons. The summed E-state index contributed by atoms with van der Waals surface area (Å²) in [6.45, 7) is 0. The van der Waals surface area contributed by atoms with Gasteiger partial charge in [0.2, 0.25) is 4.63 Å². The van der Waals surface area contributed by atoms with E-state index >= 15 is 0 Å². The van der Waals surface area contributed by atoms with E-state index in [2.05, 4.69) is 10.5 Å². The highest BCUT2D eigenvalue weighted by atomic mass is 35.5. The van der Waals surface area contributed by atoms with Gasteiger partial charge in [-0.25, -0.2) is 0 Å². The molecule has 0 aliphatic heterocycles. The van der Waals surface area contributed by atoms with Crippen molar-refractivity contribution in [2.45, 2.75) is 25.7 Å². The topological polar surface area (TPSA) is 24.4 Å². The van der Waals surface area contributed by atoms with Crippen LogP contribution in [-0.2, 0) is 0 Å². The molecule has 0 saturated heterocycles. The monoisotopic (exact) mass is 346 g/mol. The Morgan fingerprint density at radius 3 is 1.72 bits per heavy atom. The second-order valence-electron chi connectivity index (χ2n) is 3.62. The highest BCUT2D eigenvalue weighted by Gasteiger charge is 2.06. The summed E-state index contributed by atoms with van der Waals surface area (Å²) in [5.41, 5.74) is 2.91. The molecule has 2 nitrogen and oxygen atoms in total. The molecular weight excluding hydrogens is 337 g/mol. The van der Waals surface area contributed by atoms with E-state index in [1.54, 1.807) is 0 Å². The summed E-state index contributed by atoms with van der Waals surface area (Å²) in [5, 5.41) is 4.64. The molecule has 0 amide bonds. The quantitative estimate of drug-likeness (QED) is 0.487. The van der Waals surface area contributed by atoms with Crippen LogP contribution < -0.4 is 5.43 Å². The summed E-state index contributed by atoms with van der Waals surface area (Å²) < 4.78 is -0.174. The Hall–Kier alpha value is 0.140. The molecule has 0 bridgehead atoms. The van der Waals surface area contributed by atoms with Gasteiger partial charge in [0.15, 0.2) is 0 Å². The fourth-order valence-electron chi connectivity index (χ4n) is 0.997. The number of anilines is 1. The average Bonchev–Trinajstić information content (AvgIpc) is 2.12. The lowest BCUT2D eigenvalue weighted by atomic mass is 10.0. The van der Waals surface area contributed by atoms with Gasteiger partial charge in [0.25, 0.3) is 0 Å². The largest absolute Gasteiger partial charge is 0.273 e. The molecule has 0 aromatic heterocycles.